The molecule has 0 radical (unpaired) electrons. The smallest absolute Gasteiger partial charge is 0.175 e. The van der Waals surface area contributed by atoms with E-state index in [1.165, 1.54) is 19.2 Å². The van der Waals surface area contributed by atoms with Crippen molar-refractivity contribution in [1.82, 2.24) is 15.1 Å². The highest BCUT2D eigenvalue weighted by atomic mass is 19.1. The summed E-state index contributed by atoms with van der Waals surface area (Å²) in [5.41, 5.74) is 4.90. The van der Waals surface area contributed by atoms with E-state index in [1.807, 2.05) is 24.4 Å². The summed E-state index contributed by atoms with van der Waals surface area (Å²) in [5, 5.41) is 5.10. The Hall–Kier alpha value is -3.28. The lowest BCUT2D eigenvalue weighted by Crippen LogP contribution is -1.93. The molecule has 27 heavy (non-hydrogen) atoms. The van der Waals surface area contributed by atoms with Crippen LogP contribution in [0.5, 0.6) is 5.75 Å². The molecule has 5 rings (SSSR count). The van der Waals surface area contributed by atoms with Crippen LogP contribution in [0.1, 0.15) is 24.5 Å². The maximum absolute atomic E-state index is 13.6. The van der Waals surface area contributed by atoms with E-state index in [1.54, 1.807) is 12.4 Å². The summed E-state index contributed by atoms with van der Waals surface area (Å²) in [5.74, 6) is 0.537. The van der Waals surface area contributed by atoms with Crippen molar-refractivity contribution in [2.45, 2.75) is 18.8 Å². The molecular weight excluding hydrogens is 345 g/mol. The maximum atomic E-state index is 13.6. The van der Waals surface area contributed by atoms with Crippen molar-refractivity contribution in [3.63, 3.8) is 0 Å². The molecule has 0 aliphatic heterocycles. The van der Waals surface area contributed by atoms with Crippen LogP contribution in [0.4, 0.5) is 4.39 Å². The van der Waals surface area contributed by atoms with Crippen molar-refractivity contribution >= 4 is 11.0 Å². The van der Waals surface area contributed by atoms with Gasteiger partial charge in [0.1, 0.15) is 23.6 Å². The summed E-state index contributed by atoms with van der Waals surface area (Å²) in [7, 11) is 1.51. The average Bonchev–Trinajstić information content (AvgIpc) is 3.47. The zero-order valence-corrected chi connectivity index (χ0v) is 14.6. The summed E-state index contributed by atoms with van der Waals surface area (Å²) in [6.07, 6.45) is 5.71. The van der Waals surface area contributed by atoms with Crippen LogP contribution in [0.2, 0.25) is 0 Å². The molecule has 5 nitrogen and oxygen atoms in total. The van der Waals surface area contributed by atoms with Gasteiger partial charge in [-0.25, -0.2) is 14.4 Å². The molecule has 0 spiro atoms. The first-order valence-corrected chi connectivity index (χ1v) is 8.79. The standard InChI is InChI=1S/C21H16FN3O2/c1-26-18-9-13(22)7-8-15(18)20-16-4-2-3-14(21(16)27-25-20)17-10-23-11-24-19(17)12-5-6-12/h2-4,7-12H,5-6H2,1H3. The van der Waals surface area contributed by atoms with E-state index in [9.17, 15) is 4.39 Å². The summed E-state index contributed by atoms with van der Waals surface area (Å²) in [6, 6.07) is 10.3. The van der Waals surface area contributed by atoms with E-state index in [-0.39, 0.29) is 5.82 Å². The maximum Gasteiger partial charge on any atom is 0.175 e. The highest BCUT2D eigenvalue weighted by Crippen LogP contribution is 2.45. The lowest BCUT2D eigenvalue weighted by atomic mass is 9.99. The van der Waals surface area contributed by atoms with Gasteiger partial charge in [0.15, 0.2) is 5.58 Å². The Kier molecular flexibility index (Phi) is 3.63. The second-order valence-electron chi connectivity index (χ2n) is 6.65. The Labute approximate surface area is 154 Å². The first-order valence-electron chi connectivity index (χ1n) is 8.79. The fraction of sp³-hybridized carbons (Fsp3) is 0.190. The molecule has 0 N–H and O–H groups in total. The quantitative estimate of drug-likeness (QED) is 0.513. The van der Waals surface area contributed by atoms with Crippen LogP contribution in [-0.2, 0) is 0 Å². The molecule has 0 atom stereocenters. The summed E-state index contributed by atoms with van der Waals surface area (Å²) < 4.78 is 24.6. The minimum atomic E-state index is -0.361. The SMILES string of the molecule is COc1cc(F)ccc1-c1noc2c(-c3cncnc3C3CC3)cccc12. The van der Waals surface area contributed by atoms with Crippen molar-refractivity contribution in [2.24, 2.45) is 0 Å². The van der Waals surface area contributed by atoms with Crippen LogP contribution in [0.25, 0.3) is 33.4 Å². The van der Waals surface area contributed by atoms with Crippen LogP contribution in [-0.4, -0.2) is 22.2 Å². The van der Waals surface area contributed by atoms with E-state index in [0.717, 1.165) is 35.0 Å². The summed E-state index contributed by atoms with van der Waals surface area (Å²) in [6.45, 7) is 0. The third kappa shape index (κ3) is 2.65. The molecule has 0 amide bonds. The number of methoxy groups -OCH3 is 1. The summed E-state index contributed by atoms with van der Waals surface area (Å²) >= 11 is 0. The topological polar surface area (TPSA) is 61.0 Å². The molecule has 6 heteroatoms. The van der Waals surface area contributed by atoms with Crippen molar-refractivity contribution in [2.75, 3.05) is 7.11 Å². The third-order valence-electron chi connectivity index (χ3n) is 4.91. The molecule has 2 heterocycles. The number of nitrogens with zero attached hydrogens (tertiary/aromatic N) is 3. The normalized spacial score (nSPS) is 13.9. The first-order chi connectivity index (χ1) is 13.3. The van der Waals surface area contributed by atoms with Gasteiger partial charge in [0, 0.05) is 34.9 Å². The van der Waals surface area contributed by atoms with E-state index in [0.29, 0.717) is 28.5 Å². The number of para-hydroxylation sites is 1. The minimum absolute atomic E-state index is 0.361. The number of hydrogen-bond acceptors (Lipinski definition) is 5. The molecule has 1 aliphatic carbocycles. The number of aromatic nitrogens is 3. The van der Waals surface area contributed by atoms with Crippen molar-refractivity contribution in [1.29, 1.82) is 0 Å². The van der Waals surface area contributed by atoms with Gasteiger partial charge in [0.25, 0.3) is 0 Å². The predicted octanol–water partition coefficient (Wildman–Crippen LogP) is 4.98. The third-order valence-corrected chi connectivity index (χ3v) is 4.91. The molecule has 0 unspecified atom stereocenters. The Bertz CT molecular complexity index is 1150. The molecular formula is C21H16FN3O2. The fourth-order valence-corrected chi connectivity index (χ4v) is 3.46. The van der Waals surface area contributed by atoms with Crippen LogP contribution in [0, 0.1) is 5.82 Å². The molecule has 1 aliphatic rings. The predicted molar refractivity (Wildman–Crippen MR) is 99.0 cm³/mol. The van der Waals surface area contributed by atoms with Gasteiger partial charge in [-0.2, -0.15) is 0 Å². The van der Waals surface area contributed by atoms with Crippen molar-refractivity contribution in [3.8, 4) is 28.1 Å². The summed E-state index contributed by atoms with van der Waals surface area (Å²) in [4.78, 5) is 8.70. The lowest BCUT2D eigenvalue weighted by molar-refractivity contribution is 0.411. The Balaban J connectivity index is 1.71. The van der Waals surface area contributed by atoms with Gasteiger partial charge in [0.05, 0.1) is 18.2 Å². The van der Waals surface area contributed by atoms with E-state index in [4.69, 9.17) is 9.26 Å². The zero-order chi connectivity index (χ0) is 18.4. The van der Waals surface area contributed by atoms with Crippen molar-refractivity contribution in [3.05, 3.63) is 60.4 Å². The molecule has 1 fully saturated rings. The lowest BCUT2D eigenvalue weighted by Gasteiger charge is -2.08. The highest BCUT2D eigenvalue weighted by molar-refractivity contribution is 6.00. The molecule has 4 aromatic rings. The van der Waals surface area contributed by atoms with Gasteiger partial charge < -0.3 is 9.26 Å². The van der Waals surface area contributed by atoms with Crippen LogP contribution < -0.4 is 4.74 Å². The number of halogens is 1. The largest absolute Gasteiger partial charge is 0.496 e. The number of fused-ring (bicyclic) bond motifs is 1. The van der Waals surface area contributed by atoms with Gasteiger partial charge in [0.2, 0.25) is 0 Å². The van der Waals surface area contributed by atoms with Gasteiger partial charge in [-0.1, -0.05) is 17.3 Å². The second kappa shape index (κ2) is 6.16. The van der Waals surface area contributed by atoms with Gasteiger partial charge in [-0.05, 0) is 31.0 Å². The van der Waals surface area contributed by atoms with E-state index in [2.05, 4.69) is 15.1 Å². The molecule has 0 bridgehead atoms. The Morgan fingerprint density at radius 1 is 1.11 bits per heavy atom. The number of hydrogen-bond donors (Lipinski definition) is 0. The minimum Gasteiger partial charge on any atom is -0.496 e. The Morgan fingerprint density at radius 3 is 2.81 bits per heavy atom. The number of rotatable bonds is 4. The molecule has 2 aromatic heterocycles. The van der Waals surface area contributed by atoms with Crippen molar-refractivity contribution < 1.29 is 13.7 Å². The van der Waals surface area contributed by atoms with Crippen LogP contribution >= 0.6 is 0 Å². The van der Waals surface area contributed by atoms with Crippen LogP contribution in [0.15, 0.2) is 53.4 Å². The number of ether oxygens (including phenoxy) is 1. The second-order valence-corrected chi connectivity index (χ2v) is 6.65. The highest BCUT2D eigenvalue weighted by Gasteiger charge is 2.29. The molecule has 134 valence electrons. The zero-order valence-electron chi connectivity index (χ0n) is 14.6. The monoisotopic (exact) mass is 361 g/mol. The Morgan fingerprint density at radius 2 is 2.00 bits per heavy atom. The molecule has 0 saturated heterocycles. The van der Waals surface area contributed by atoms with Gasteiger partial charge >= 0.3 is 0 Å². The molecule has 2 aromatic carbocycles. The first kappa shape index (κ1) is 15.9. The van der Waals surface area contributed by atoms with Gasteiger partial charge in [-0.3, -0.25) is 0 Å². The van der Waals surface area contributed by atoms with Gasteiger partial charge in [-0.15, -0.1) is 0 Å². The fourth-order valence-electron chi connectivity index (χ4n) is 3.46. The average molecular weight is 361 g/mol. The van der Waals surface area contributed by atoms with Crippen LogP contribution in [0.3, 0.4) is 0 Å². The van der Waals surface area contributed by atoms with E-state index >= 15 is 0 Å². The molecule has 1 saturated carbocycles. The number of benzene rings is 2. The van der Waals surface area contributed by atoms with E-state index < -0.39 is 0 Å².